The first kappa shape index (κ1) is 17.5. The van der Waals surface area contributed by atoms with Crippen LogP contribution >= 0.6 is 0 Å². The van der Waals surface area contributed by atoms with E-state index in [0.29, 0.717) is 32.4 Å². The highest BCUT2D eigenvalue weighted by atomic mass is 16.3. The molecule has 1 aromatic rings. The standard InChI is InChI=1S/C18H26N2O3/c1-14(15-6-4-3-5-7-15)12-17(22)19(2)13-18(23)20-10-8-16(21)9-11-20/h3-7,14,16,21H,8-13H2,1-2H3. The molecule has 1 aliphatic rings. The van der Waals surface area contributed by atoms with E-state index >= 15 is 0 Å². The van der Waals surface area contributed by atoms with E-state index in [-0.39, 0.29) is 30.4 Å². The Labute approximate surface area is 137 Å². The van der Waals surface area contributed by atoms with Crippen molar-refractivity contribution in [3.05, 3.63) is 35.9 Å². The molecule has 1 N–H and O–H groups in total. The Hall–Kier alpha value is -1.88. The predicted octanol–water partition coefficient (Wildman–Crippen LogP) is 1.62. The topological polar surface area (TPSA) is 60.9 Å². The van der Waals surface area contributed by atoms with Crippen molar-refractivity contribution in [1.29, 1.82) is 0 Å². The summed E-state index contributed by atoms with van der Waals surface area (Å²) in [5.74, 6) is 0.0678. The molecule has 23 heavy (non-hydrogen) atoms. The summed E-state index contributed by atoms with van der Waals surface area (Å²) in [6.45, 7) is 3.27. The molecule has 1 unspecified atom stereocenters. The largest absolute Gasteiger partial charge is 0.393 e. The van der Waals surface area contributed by atoms with Crippen molar-refractivity contribution < 1.29 is 14.7 Å². The van der Waals surface area contributed by atoms with Crippen LogP contribution in [0.2, 0.25) is 0 Å². The Morgan fingerprint density at radius 2 is 1.87 bits per heavy atom. The Morgan fingerprint density at radius 3 is 2.48 bits per heavy atom. The van der Waals surface area contributed by atoms with Crippen molar-refractivity contribution >= 4 is 11.8 Å². The number of hydrogen-bond donors (Lipinski definition) is 1. The second-order valence-corrected chi connectivity index (χ2v) is 6.38. The van der Waals surface area contributed by atoms with Gasteiger partial charge in [-0.15, -0.1) is 0 Å². The molecule has 0 aliphatic carbocycles. The van der Waals surface area contributed by atoms with E-state index in [1.165, 1.54) is 4.90 Å². The number of nitrogens with zero attached hydrogens (tertiary/aromatic N) is 2. The lowest BCUT2D eigenvalue weighted by molar-refractivity contribution is -0.140. The van der Waals surface area contributed by atoms with Gasteiger partial charge in [0.2, 0.25) is 11.8 Å². The molecule has 126 valence electrons. The molecule has 0 saturated carbocycles. The molecule has 2 rings (SSSR count). The number of likely N-dealkylation sites (N-methyl/N-ethyl adjacent to an activating group) is 1. The van der Waals surface area contributed by atoms with E-state index in [2.05, 4.69) is 0 Å². The maximum atomic E-state index is 12.3. The van der Waals surface area contributed by atoms with Gasteiger partial charge in [0.05, 0.1) is 12.6 Å². The van der Waals surface area contributed by atoms with Gasteiger partial charge >= 0.3 is 0 Å². The van der Waals surface area contributed by atoms with Crippen molar-refractivity contribution in [2.45, 2.75) is 38.2 Å². The molecule has 5 nitrogen and oxygen atoms in total. The van der Waals surface area contributed by atoms with Gasteiger partial charge in [-0.3, -0.25) is 9.59 Å². The molecule has 1 saturated heterocycles. The molecule has 1 aromatic carbocycles. The number of benzene rings is 1. The van der Waals surface area contributed by atoms with Gasteiger partial charge < -0.3 is 14.9 Å². The highest BCUT2D eigenvalue weighted by Crippen LogP contribution is 2.19. The third-order valence-corrected chi connectivity index (χ3v) is 4.46. The van der Waals surface area contributed by atoms with E-state index in [4.69, 9.17) is 0 Å². The Bertz CT molecular complexity index is 524. The molecular formula is C18H26N2O3. The van der Waals surface area contributed by atoms with Crippen LogP contribution in [-0.2, 0) is 9.59 Å². The van der Waals surface area contributed by atoms with Crippen LogP contribution in [0.1, 0.15) is 37.7 Å². The molecule has 1 aliphatic heterocycles. The summed E-state index contributed by atoms with van der Waals surface area (Å²) >= 11 is 0. The molecule has 2 amide bonds. The lowest BCUT2D eigenvalue weighted by Gasteiger charge is -2.31. The molecule has 1 fully saturated rings. The molecular weight excluding hydrogens is 292 g/mol. The number of likely N-dealkylation sites (tertiary alicyclic amines) is 1. The van der Waals surface area contributed by atoms with Crippen molar-refractivity contribution in [3.63, 3.8) is 0 Å². The number of piperidine rings is 1. The maximum absolute atomic E-state index is 12.3. The monoisotopic (exact) mass is 318 g/mol. The highest BCUT2D eigenvalue weighted by molar-refractivity contribution is 5.85. The van der Waals surface area contributed by atoms with Crippen molar-refractivity contribution in [1.82, 2.24) is 9.80 Å². The van der Waals surface area contributed by atoms with Crippen LogP contribution in [0.25, 0.3) is 0 Å². The first-order chi connectivity index (χ1) is 11.0. The van der Waals surface area contributed by atoms with E-state index < -0.39 is 0 Å². The highest BCUT2D eigenvalue weighted by Gasteiger charge is 2.23. The molecule has 0 spiro atoms. The van der Waals surface area contributed by atoms with Crippen LogP contribution in [0, 0.1) is 0 Å². The number of carbonyl (C=O) groups excluding carboxylic acids is 2. The smallest absolute Gasteiger partial charge is 0.242 e. The maximum Gasteiger partial charge on any atom is 0.242 e. The fourth-order valence-corrected chi connectivity index (χ4v) is 2.82. The number of aliphatic hydroxyl groups is 1. The molecule has 0 aromatic heterocycles. The van der Waals surface area contributed by atoms with E-state index in [1.54, 1.807) is 11.9 Å². The van der Waals surface area contributed by atoms with Gasteiger partial charge in [0.1, 0.15) is 0 Å². The van der Waals surface area contributed by atoms with Gasteiger partial charge in [0, 0.05) is 26.6 Å². The van der Waals surface area contributed by atoms with Crippen LogP contribution in [0.15, 0.2) is 30.3 Å². The first-order valence-corrected chi connectivity index (χ1v) is 8.22. The summed E-state index contributed by atoms with van der Waals surface area (Å²) in [5, 5.41) is 9.48. The zero-order valence-corrected chi connectivity index (χ0v) is 13.9. The minimum absolute atomic E-state index is 0.0215. The number of amides is 2. The van der Waals surface area contributed by atoms with Gasteiger partial charge in [-0.2, -0.15) is 0 Å². The van der Waals surface area contributed by atoms with E-state index in [0.717, 1.165) is 5.56 Å². The van der Waals surface area contributed by atoms with Gasteiger partial charge in [-0.1, -0.05) is 37.3 Å². The average molecular weight is 318 g/mol. The predicted molar refractivity (Wildman–Crippen MR) is 88.9 cm³/mol. The molecule has 1 heterocycles. The summed E-state index contributed by atoms with van der Waals surface area (Å²) in [4.78, 5) is 27.8. The minimum atomic E-state index is -0.301. The SMILES string of the molecule is CC(CC(=O)N(C)CC(=O)N1CCC(O)CC1)c1ccccc1. The van der Waals surface area contributed by atoms with E-state index in [1.807, 2.05) is 37.3 Å². The molecule has 1 atom stereocenters. The second-order valence-electron chi connectivity index (χ2n) is 6.38. The zero-order chi connectivity index (χ0) is 16.8. The van der Waals surface area contributed by atoms with Crippen molar-refractivity contribution in [3.8, 4) is 0 Å². The summed E-state index contributed by atoms with van der Waals surface area (Å²) in [7, 11) is 1.68. The summed E-state index contributed by atoms with van der Waals surface area (Å²) in [5.41, 5.74) is 1.13. The second kappa shape index (κ2) is 8.11. The van der Waals surface area contributed by atoms with E-state index in [9.17, 15) is 14.7 Å². The number of carbonyl (C=O) groups is 2. The Balaban J connectivity index is 1.81. The Kier molecular flexibility index (Phi) is 6.16. The fourth-order valence-electron chi connectivity index (χ4n) is 2.82. The third-order valence-electron chi connectivity index (χ3n) is 4.46. The number of aliphatic hydroxyl groups excluding tert-OH is 1. The number of hydrogen-bond acceptors (Lipinski definition) is 3. The van der Waals surface area contributed by atoms with Crippen LogP contribution < -0.4 is 0 Å². The lowest BCUT2D eigenvalue weighted by Crippen LogP contribution is -2.45. The van der Waals surface area contributed by atoms with Gasteiger partial charge in [-0.05, 0) is 24.3 Å². The summed E-state index contributed by atoms with van der Waals surface area (Å²) in [6, 6.07) is 9.92. The van der Waals surface area contributed by atoms with Crippen LogP contribution in [0.4, 0.5) is 0 Å². The minimum Gasteiger partial charge on any atom is -0.393 e. The van der Waals surface area contributed by atoms with Gasteiger partial charge in [0.25, 0.3) is 0 Å². The zero-order valence-electron chi connectivity index (χ0n) is 13.9. The first-order valence-electron chi connectivity index (χ1n) is 8.22. The molecule has 0 bridgehead atoms. The summed E-state index contributed by atoms with van der Waals surface area (Å²) in [6.07, 6.45) is 1.33. The molecule has 0 radical (unpaired) electrons. The molecule has 5 heteroatoms. The fraction of sp³-hybridized carbons (Fsp3) is 0.556. The van der Waals surface area contributed by atoms with Gasteiger partial charge in [-0.25, -0.2) is 0 Å². The van der Waals surface area contributed by atoms with Crippen LogP contribution in [0.5, 0.6) is 0 Å². The Morgan fingerprint density at radius 1 is 1.26 bits per heavy atom. The van der Waals surface area contributed by atoms with Crippen molar-refractivity contribution in [2.24, 2.45) is 0 Å². The van der Waals surface area contributed by atoms with Crippen LogP contribution in [0.3, 0.4) is 0 Å². The van der Waals surface area contributed by atoms with Crippen LogP contribution in [-0.4, -0.2) is 59.5 Å². The quantitative estimate of drug-likeness (QED) is 0.897. The third kappa shape index (κ3) is 5.06. The number of rotatable bonds is 5. The lowest BCUT2D eigenvalue weighted by atomic mass is 9.97. The average Bonchev–Trinajstić information content (AvgIpc) is 2.56. The normalized spacial score (nSPS) is 16.9. The van der Waals surface area contributed by atoms with Crippen molar-refractivity contribution in [2.75, 3.05) is 26.7 Å². The summed E-state index contributed by atoms with van der Waals surface area (Å²) < 4.78 is 0. The van der Waals surface area contributed by atoms with Gasteiger partial charge in [0.15, 0.2) is 0 Å².